The van der Waals surface area contributed by atoms with Crippen molar-refractivity contribution in [3.8, 4) is 0 Å². The molecular formula is C17H22ClN3O4S. The fourth-order valence-electron chi connectivity index (χ4n) is 3.47. The number of aliphatic carboxylic acids is 1. The molecule has 2 heterocycles. The zero-order valence-corrected chi connectivity index (χ0v) is 16.1. The highest BCUT2D eigenvalue weighted by atomic mass is 35.5. The van der Waals surface area contributed by atoms with Gasteiger partial charge in [-0.15, -0.1) is 24.2 Å². The van der Waals surface area contributed by atoms with Crippen molar-refractivity contribution in [2.75, 3.05) is 0 Å². The number of nitrogens with one attached hydrogen (secondary N) is 1. The Labute approximate surface area is 162 Å². The van der Waals surface area contributed by atoms with Gasteiger partial charge in [0.15, 0.2) is 0 Å². The molecule has 4 N–H and O–H groups in total. The topological polar surface area (TPSA) is 113 Å². The minimum Gasteiger partial charge on any atom is -0.480 e. The molecule has 2 saturated heterocycles. The minimum atomic E-state index is -1.02. The summed E-state index contributed by atoms with van der Waals surface area (Å²) in [5.41, 5.74) is 7.40. The number of hydrogen-bond donors (Lipinski definition) is 3. The van der Waals surface area contributed by atoms with E-state index in [4.69, 9.17) is 5.73 Å². The fourth-order valence-corrected chi connectivity index (χ4v) is 5.10. The summed E-state index contributed by atoms with van der Waals surface area (Å²) in [6.07, 6.45) is 0.139. The van der Waals surface area contributed by atoms with Gasteiger partial charge in [-0.1, -0.05) is 24.3 Å². The number of fused-ring (bicyclic) bond motifs is 1. The van der Waals surface area contributed by atoms with Gasteiger partial charge in [-0.2, -0.15) is 0 Å². The fraction of sp³-hybridized carbons (Fsp3) is 0.471. The molecule has 3 rings (SSSR count). The van der Waals surface area contributed by atoms with Gasteiger partial charge in [-0.3, -0.25) is 9.59 Å². The number of thioether (sulfide) groups is 1. The number of carbonyl (C=O) groups excluding carboxylic acids is 2. The van der Waals surface area contributed by atoms with Crippen LogP contribution in [-0.2, 0) is 27.3 Å². The summed E-state index contributed by atoms with van der Waals surface area (Å²) in [5.74, 6) is -1.62. The number of benzene rings is 1. The van der Waals surface area contributed by atoms with Crippen LogP contribution in [-0.4, -0.2) is 50.0 Å². The van der Waals surface area contributed by atoms with Gasteiger partial charge in [0.1, 0.15) is 17.5 Å². The van der Waals surface area contributed by atoms with Gasteiger partial charge in [0, 0.05) is 11.3 Å². The van der Waals surface area contributed by atoms with Crippen LogP contribution in [0.1, 0.15) is 25.0 Å². The molecule has 26 heavy (non-hydrogen) atoms. The molecule has 7 nitrogen and oxygen atoms in total. The molecule has 1 unspecified atom stereocenters. The van der Waals surface area contributed by atoms with Crippen molar-refractivity contribution in [2.45, 2.75) is 49.0 Å². The Kier molecular flexibility index (Phi) is 5.89. The van der Waals surface area contributed by atoms with Crippen LogP contribution in [0, 0.1) is 0 Å². The summed E-state index contributed by atoms with van der Waals surface area (Å²) in [5, 5.41) is 11.8. The Morgan fingerprint density at radius 3 is 2.50 bits per heavy atom. The average molecular weight is 400 g/mol. The number of carboxylic acids is 1. The zero-order valence-electron chi connectivity index (χ0n) is 14.5. The third-order valence-electron chi connectivity index (χ3n) is 4.68. The Morgan fingerprint density at radius 2 is 1.92 bits per heavy atom. The monoisotopic (exact) mass is 399 g/mol. The Bertz CT molecular complexity index is 742. The highest BCUT2D eigenvalue weighted by Gasteiger charge is 2.64. The number of carbonyl (C=O) groups is 3. The van der Waals surface area contributed by atoms with Gasteiger partial charge in [0.2, 0.25) is 11.8 Å². The van der Waals surface area contributed by atoms with Crippen LogP contribution in [0.25, 0.3) is 0 Å². The first-order chi connectivity index (χ1) is 11.8. The van der Waals surface area contributed by atoms with Crippen LogP contribution in [0.5, 0.6) is 0 Å². The van der Waals surface area contributed by atoms with Crippen molar-refractivity contribution in [2.24, 2.45) is 5.73 Å². The largest absolute Gasteiger partial charge is 0.480 e. The number of halogens is 1. The predicted octanol–water partition coefficient (Wildman–Crippen LogP) is 0.741. The standard InChI is InChI=1S/C17H21N3O4S.ClH/c1-17(2)13(16(23)24)20-14(22)12(15(20)25-17)19-11(21)7-9-5-3-4-6-10(9)8-18;/h3-6,12-13,15H,7-8,18H2,1-2H3,(H,19,21)(H,23,24);1H/t12?,13-,15+;/m0./s1. The lowest BCUT2D eigenvalue weighted by molar-refractivity contribution is -0.161. The first kappa shape index (κ1) is 20.5. The molecular weight excluding hydrogens is 378 g/mol. The molecule has 0 spiro atoms. The average Bonchev–Trinajstić information content (AvgIpc) is 2.81. The van der Waals surface area contributed by atoms with Gasteiger partial charge < -0.3 is 21.1 Å². The van der Waals surface area contributed by atoms with Crippen molar-refractivity contribution in [3.63, 3.8) is 0 Å². The quantitative estimate of drug-likeness (QED) is 0.629. The van der Waals surface area contributed by atoms with Crippen molar-refractivity contribution >= 4 is 42.0 Å². The van der Waals surface area contributed by atoms with Crippen LogP contribution in [0.3, 0.4) is 0 Å². The van der Waals surface area contributed by atoms with Crippen LogP contribution >= 0.6 is 24.2 Å². The molecule has 0 aromatic heterocycles. The second-order valence-corrected chi connectivity index (χ2v) is 8.56. The minimum absolute atomic E-state index is 0. The predicted molar refractivity (Wildman–Crippen MR) is 101 cm³/mol. The van der Waals surface area contributed by atoms with Gasteiger partial charge in [0.05, 0.1) is 6.42 Å². The Balaban J connectivity index is 0.00000243. The lowest BCUT2D eigenvalue weighted by Gasteiger charge is -2.43. The molecule has 0 aliphatic carbocycles. The van der Waals surface area contributed by atoms with E-state index in [1.165, 1.54) is 16.7 Å². The molecule has 3 atom stereocenters. The normalized spacial score (nSPS) is 25.7. The van der Waals surface area contributed by atoms with E-state index in [9.17, 15) is 19.5 Å². The van der Waals surface area contributed by atoms with Crippen molar-refractivity contribution in [3.05, 3.63) is 35.4 Å². The second-order valence-electron chi connectivity index (χ2n) is 6.79. The SMILES string of the molecule is CC1(C)S[C@@H]2C(NC(=O)Cc3ccccc3CN)C(=O)N2[C@H]1C(=O)O.Cl. The third kappa shape index (κ3) is 3.41. The van der Waals surface area contributed by atoms with Crippen molar-refractivity contribution in [1.29, 1.82) is 0 Å². The molecule has 2 fully saturated rings. The number of amides is 2. The molecule has 9 heteroatoms. The number of nitrogens with two attached hydrogens (primary N) is 1. The lowest BCUT2D eigenvalue weighted by Crippen LogP contribution is -2.70. The number of hydrogen-bond acceptors (Lipinski definition) is 5. The molecule has 142 valence electrons. The van der Waals surface area contributed by atoms with E-state index in [-0.39, 0.29) is 36.0 Å². The smallest absolute Gasteiger partial charge is 0.327 e. The third-order valence-corrected chi connectivity index (χ3v) is 6.25. The molecule has 0 bridgehead atoms. The number of nitrogens with zero attached hydrogens (tertiary/aromatic N) is 1. The first-order valence-corrected chi connectivity index (χ1v) is 8.93. The molecule has 1 aromatic rings. The highest BCUT2D eigenvalue weighted by Crippen LogP contribution is 2.50. The molecule has 0 saturated carbocycles. The number of rotatable bonds is 5. The molecule has 2 aliphatic rings. The maximum atomic E-state index is 12.4. The Morgan fingerprint density at radius 1 is 1.31 bits per heavy atom. The maximum absolute atomic E-state index is 12.4. The number of carboxylic acid groups (broad SMARTS) is 1. The molecule has 0 radical (unpaired) electrons. The summed E-state index contributed by atoms with van der Waals surface area (Å²) >= 11 is 1.41. The molecule has 2 amide bonds. The summed E-state index contributed by atoms with van der Waals surface area (Å²) < 4.78 is -0.599. The molecule has 1 aromatic carbocycles. The highest BCUT2D eigenvalue weighted by molar-refractivity contribution is 8.01. The van der Waals surface area contributed by atoms with Crippen molar-refractivity contribution in [1.82, 2.24) is 10.2 Å². The van der Waals surface area contributed by atoms with E-state index in [0.717, 1.165) is 11.1 Å². The summed E-state index contributed by atoms with van der Waals surface area (Å²) in [4.78, 5) is 37.6. The van der Waals surface area contributed by atoms with Crippen LogP contribution in [0.2, 0.25) is 0 Å². The lowest BCUT2D eigenvalue weighted by atomic mass is 9.96. The van der Waals surface area contributed by atoms with E-state index in [0.29, 0.717) is 6.54 Å². The van der Waals surface area contributed by atoms with Crippen LogP contribution in [0.15, 0.2) is 24.3 Å². The van der Waals surface area contributed by atoms with E-state index < -0.39 is 22.8 Å². The summed E-state index contributed by atoms with van der Waals surface area (Å²) in [6.45, 7) is 3.95. The first-order valence-electron chi connectivity index (χ1n) is 8.05. The van der Waals surface area contributed by atoms with Gasteiger partial charge in [-0.25, -0.2) is 4.79 Å². The van der Waals surface area contributed by atoms with Gasteiger partial charge in [-0.05, 0) is 25.0 Å². The van der Waals surface area contributed by atoms with Gasteiger partial charge in [0.25, 0.3) is 0 Å². The second kappa shape index (κ2) is 7.46. The number of β-lactam (4-membered cyclic amide) rings is 1. The van der Waals surface area contributed by atoms with E-state index in [1.54, 1.807) is 13.8 Å². The van der Waals surface area contributed by atoms with Gasteiger partial charge >= 0.3 is 5.97 Å². The summed E-state index contributed by atoms with van der Waals surface area (Å²) in [7, 11) is 0. The van der Waals surface area contributed by atoms with Crippen LogP contribution in [0.4, 0.5) is 0 Å². The van der Waals surface area contributed by atoms with E-state index in [2.05, 4.69) is 5.32 Å². The van der Waals surface area contributed by atoms with E-state index in [1.807, 2.05) is 24.3 Å². The maximum Gasteiger partial charge on any atom is 0.327 e. The van der Waals surface area contributed by atoms with Crippen LogP contribution < -0.4 is 11.1 Å². The van der Waals surface area contributed by atoms with E-state index >= 15 is 0 Å². The zero-order chi connectivity index (χ0) is 18.4. The summed E-state index contributed by atoms with van der Waals surface area (Å²) in [6, 6.07) is 5.86. The molecule has 2 aliphatic heterocycles. The Hall–Kier alpha value is -1.77. The van der Waals surface area contributed by atoms with Crippen molar-refractivity contribution < 1.29 is 19.5 Å².